The van der Waals surface area contributed by atoms with Crippen LogP contribution in [0.3, 0.4) is 0 Å². The van der Waals surface area contributed by atoms with E-state index < -0.39 is 0 Å². The molecule has 5 nitrogen and oxygen atoms in total. The van der Waals surface area contributed by atoms with E-state index in [4.69, 9.17) is 14.5 Å². The molecule has 2 aromatic rings. The van der Waals surface area contributed by atoms with Crippen LogP contribution in [0.4, 0.5) is 11.4 Å². The molecule has 2 aromatic carbocycles. The number of aliphatic imine (C=N–C) groups is 1. The van der Waals surface area contributed by atoms with E-state index in [9.17, 15) is 4.79 Å². The van der Waals surface area contributed by atoms with E-state index in [0.717, 1.165) is 40.6 Å². The second kappa shape index (κ2) is 5.84. The summed E-state index contributed by atoms with van der Waals surface area (Å²) in [5.41, 5.74) is 3.77. The SMILES string of the molecule is CC1(C)CC(=O)C2C(=Nc3ccccc3N[C@H]2c2ccc3c(c2)OCO3)C1. The summed E-state index contributed by atoms with van der Waals surface area (Å²) >= 11 is 0. The molecule has 2 heterocycles. The van der Waals surface area contributed by atoms with Crippen molar-refractivity contribution in [2.75, 3.05) is 12.1 Å². The summed E-state index contributed by atoms with van der Waals surface area (Å²) < 4.78 is 11.0. The Morgan fingerprint density at radius 2 is 1.89 bits per heavy atom. The number of nitrogens with one attached hydrogen (secondary N) is 1. The number of para-hydroxylation sites is 2. The number of ether oxygens (including phenoxy) is 2. The zero-order valence-electron chi connectivity index (χ0n) is 15.5. The lowest BCUT2D eigenvalue weighted by Crippen LogP contribution is -2.42. The third-order valence-corrected chi connectivity index (χ3v) is 5.59. The molecule has 5 heteroatoms. The van der Waals surface area contributed by atoms with Crippen LogP contribution in [0.25, 0.3) is 0 Å². The molecule has 0 radical (unpaired) electrons. The highest BCUT2D eigenvalue weighted by Gasteiger charge is 2.44. The van der Waals surface area contributed by atoms with Gasteiger partial charge in [0.25, 0.3) is 0 Å². The summed E-state index contributed by atoms with van der Waals surface area (Å²) in [5.74, 6) is 1.45. The first kappa shape index (κ1) is 16.4. The van der Waals surface area contributed by atoms with Crippen LogP contribution >= 0.6 is 0 Å². The average Bonchev–Trinajstić information content (AvgIpc) is 3.01. The number of fused-ring (bicyclic) bond motifs is 3. The van der Waals surface area contributed by atoms with E-state index in [1.807, 2.05) is 42.5 Å². The van der Waals surface area contributed by atoms with E-state index in [-0.39, 0.29) is 30.0 Å². The first-order valence-corrected chi connectivity index (χ1v) is 9.35. The largest absolute Gasteiger partial charge is 0.454 e. The molecular weight excluding hydrogens is 340 g/mol. The minimum atomic E-state index is -0.272. The van der Waals surface area contributed by atoms with Crippen LogP contribution in [-0.2, 0) is 4.79 Å². The molecule has 0 bridgehead atoms. The van der Waals surface area contributed by atoms with Gasteiger partial charge in [-0.05, 0) is 41.7 Å². The Bertz CT molecular complexity index is 964. The quantitative estimate of drug-likeness (QED) is 0.801. The van der Waals surface area contributed by atoms with Gasteiger partial charge in [-0.15, -0.1) is 0 Å². The average molecular weight is 362 g/mol. The number of nitrogens with zero attached hydrogens (tertiary/aromatic N) is 1. The molecule has 3 aliphatic rings. The summed E-state index contributed by atoms with van der Waals surface area (Å²) in [4.78, 5) is 18.1. The number of Topliss-reactive ketones (excluding diaryl/α,β-unsaturated/α-hetero) is 1. The normalized spacial score (nSPS) is 25.0. The van der Waals surface area contributed by atoms with Crippen LogP contribution in [0, 0.1) is 11.3 Å². The summed E-state index contributed by atoms with van der Waals surface area (Å²) in [6.07, 6.45) is 1.39. The summed E-state index contributed by atoms with van der Waals surface area (Å²) in [6.45, 7) is 4.52. The van der Waals surface area contributed by atoms with Crippen LogP contribution < -0.4 is 14.8 Å². The van der Waals surface area contributed by atoms with Crippen LogP contribution in [0.5, 0.6) is 11.5 Å². The first-order valence-electron chi connectivity index (χ1n) is 9.35. The molecular formula is C22H22N2O3. The van der Waals surface area contributed by atoms with Crippen molar-refractivity contribution in [1.82, 2.24) is 0 Å². The molecule has 1 unspecified atom stereocenters. The number of hydrogen-bond acceptors (Lipinski definition) is 5. The number of benzene rings is 2. The molecule has 0 saturated heterocycles. The Labute approximate surface area is 158 Å². The van der Waals surface area contributed by atoms with E-state index in [1.54, 1.807) is 0 Å². The van der Waals surface area contributed by atoms with Gasteiger partial charge < -0.3 is 14.8 Å². The molecule has 0 aromatic heterocycles. The Hall–Kier alpha value is -2.82. The fourth-order valence-electron chi connectivity index (χ4n) is 4.40. The van der Waals surface area contributed by atoms with E-state index in [2.05, 4.69) is 19.2 Å². The highest BCUT2D eigenvalue weighted by Crippen LogP contribution is 2.46. The number of ketones is 1. The fraction of sp³-hybridized carbons (Fsp3) is 0.364. The number of carbonyl (C=O) groups is 1. The summed E-state index contributed by atoms with van der Waals surface area (Å²) in [6, 6.07) is 13.7. The van der Waals surface area contributed by atoms with Gasteiger partial charge in [0.2, 0.25) is 6.79 Å². The van der Waals surface area contributed by atoms with Crippen LogP contribution in [0.1, 0.15) is 38.3 Å². The molecule has 2 atom stereocenters. The monoisotopic (exact) mass is 362 g/mol. The second-order valence-corrected chi connectivity index (χ2v) is 8.32. The topological polar surface area (TPSA) is 59.9 Å². The number of rotatable bonds is 1. The maximum absolute atomic E-state index is 13.2. The van der Waals surface area contributed by atoms with Gasteiger partial charge in [0.05, 0.1) is 23.3 Å². The highest BCUT2D eigenvalue weighted by molar-refractivity contribution is 6.10. The maximum Gasteiger partial charge on any atom is 0.231 e. The molecule has 1 N–H and O–H groups in total. The molecule has 0 amide bonds. The Balaban J connectivity index is 1.64. The van der Waals surface area contributed by atoms with Crippen molar-refractivity contribution in [3.05, 3.63) is 48.0 Å². The van der Waals surface area contributed by atoms with Gasteiger partial charge in [0, 0.05) is 12.1 Å². The zero-order chi connectivity index (χ0) is 18.6. The molecule has 27 heavy (non-hydrogen) atoms. The lowest BCUT2D eigenvalue weighted by atomic mass is 9.68. The van der Waals surface area contributed by atoms with Gasteiger partial charge in [-0.2, -0.15) is 0 Å². The predicted octanol–water partition coefficient (Wildman–Crippen LogP) is 4.66. The molecule has 138 valence electrons. The Morgan fingerprint density at radius 3 is 2.78 bits per heavy atom. The smallest absolute Gasteiger partial charge is 0.231 e. The molecule has 1 saturated carbocycles. The number of hydrogen-bond donors (Lipinski definition) is 1. The first-order chi connectivity index (χ1) is 13.0. The maximum atomic E-state index is 13.2. The van der Waals surface area contributed by atoms with Gasteiger partial charge in [-0.1, -0.05) is 32.0 Å². The zero-order valence-corrected chi connectivity index (χ0v) is 15.5. The molecule has 2 aliphatic heterocycles. The van der Waals surface area contributed by atoms with Crippen molar-refractivity contribution >= 4 is 22.9 Å². The lowest BCUT2D eigenvalue weighted by Gasteiger charge is -2.37. The molecule has 5 rings (SSSR count). The second-order valence-electron chi connectivity index (χ2n) is 8.32. The Kier molecular flexibility index (Phi) is 3.54. The van der Waals surface area contributed by atoms with Crippen molar-refractivity contribution in [1.29, 1.82) is 0 Å². The van der Waals surface area contributed by atoms with Crippen molar-refractivity contribution in [3.63, 3.8) is 0 Å². The van der Waals surface area contributed by atoms with Gasteiger partial charge in [0.15, 0.2) is 11.5 Å². The van der Waals surface area contributed by atoms with Gasteiger partial charge in [-0.3, -0.25) is 9.79 Å². The molecule has 0 spiro atoms. The standard InChI is InChI=1S/C22H22N2O3/c1-22(2)10-16-20(17(25)11-22)21(24-15-6-4-3-5-14(15)23-16)13-7-8-18-19(9-13)27-12-26-18/h3-9,20-21,24H,10-12H2,1-2H3/t20?,21-/m0/s1. The molecule has 1 fully saturated rings. The predicted molar refractivity (Wildman–Crippen MR) is 104 cm³/mol. The molecule has 1 aliphatic carbocycles. The van der Waals surface area contributed by atoms with Crippen molar-refractivity contribution in [2.24, 2.45) is 16.3 Å². The lowest BCUT2D eigenvalue weighted by molar-refractivity contribution is -0.124. The minimum Gasteiger partial charge on any atom is -0.454 e. The van der Waals surface area contributed by atoms with Gasteiger partial charge >= 0.3 is 0 Å². The van der Waals surface area contributed by atoms with Gasteiger partial charge in [0.1, 0.15) is 5.78 Å². The Morgan fingerprint density at radius 1 is 1.07 bits per heavy atom. The third-order valence-electron chi connectivity index (χ3n) is 5.59. The van der Waals surface area contributed by atoms with Crippen LogP contribution in [-0.4, -0.2) is 18.3 Å². The van der Waals surface area contributed by atoms with Gasteiger partial charge in [-0.25, -0.2) is 0 Å². The van der Waals surface area contributed by atoms with Crippen LogP contribution in [0.2, 0.25) is 0 Å². The third kappa shape index (κ3) is 2.78. The summed E-state index contributed by atoms with van der Waals surface area (Å²) in [7, 11) is 0. The highest BCUT2D eigenvalue weighted by atomic mass is 16.7. The van der Waals surface area contributed by atoms with Crippen molar-refractivity contribution < 1.29 is 14.3 Å². The van der Waals surface area contributed by atoms with E-state index in [0.29, 0.717) is 6.42 Å². The fourth-order valence-corrected chi connectivity index (χ4v) is 4.40. The number of anilines is 1. The summed E-state index contributed by atoms with van der Waals surface area (Å²) in [5, 5.41) is 3.59. The van der Waals surface area contributed by atoms with E-state index >= 15 is 0 Å². The van der Waals surface area contributed by atoms with Crippen molar-refractivity contribution in [3.8, 4) is 11.5 Å². The van der Waals surface area contributed by atoms with Crippen molar-refractivity contribution in [2.45, 2.75) is 32.7 Å². The van der Waals surface area contributed by atoms with E-state index in [1.165, 1.54) is 0 Å². The van der Waals surface area contributed by atoms with Crippen LogP contribution in [0.15, 0.2) is 47.5 Å². The minimum absolute atomic E-state index is 0.0643. The number of carbonyl (C=O) groups excluding carboxylic acids is 1.